The van der Waals surface area contributed by atoms with E-state index in [4.69, 9.17) is 11.6 Å². The molecule has 1 amide bonds. The van der Waals surface area contributed by atoms with Crippen LogP contribution in [0.4, 0.5) is 0 Å². The number of nitrogens with one attached hydrogen (secondary N) is 1. The van der Waals surface area contributed by atoms with E-state index in [9.17, 15) is 13.2 Å². The molecule has 0 aliphatic carbocycles. The molecule has 0 fully saturated rings. The van der Waals surface area contributed by atoms with E-state index in [1.165, 1.54) is 28.6 Å². The first kappa shape index (κ1) is 23.0. The smallest absolute Gasteiger partial charge is 0.243 e. The maximum atomic E-state index is 13.3. The Hall–Kier alpha value is -2.67. The molecule has 5 nitrogen and oxygen atoms in total. The maximum absolute atomic E-state index is 13.3. The molecule has 1 atom stereocenters. The van der Waals surface area contributed by atoms with Crippen molar-refractivity contribution >= 4 is 27.5 Å². The van der Waals surface area contributed by atoms with Gasteiger partial charge in [-0.25, -0.2) is 8.42 Å². The van der Waals surface area contributed by atoms with Gasteiger partial charge in [0.05, 0.1) is 17.5 Å². The van der Waals surface area contributed by atoms with E-state index in [0.717, 1.165) is 11.1 Å². The molecule has 0 heterocycles. The second kappa shape index (κ2) is 10.6. The third-order valence-electron chi connectivity index (χ3n) is 4.94. The van der Waals surface area contributed by atoms with Gasteiger partial charge in [-0.2, -0.15) is 4.31 Å². The van der Waals surface area contributed by atoms with E-state index >= 15 is 0 Å². The van der Waals surface area contributed by atoms with Crippen molar-refractivity contribution in [1.29, 1.82) is 0 Å². The van der Waals surface area contributed by atoms with Crippen LogP contribution in [0.1, 0.15) is 24.1 Å². The second-order valence-corrected chi connectivity index (χ2v) is 9.60. The maximum Gasteiger partial charge on any atom is 0.243 e. The summed E-state index contributed by atoms with van der Waals surface area (Å²) < 4.78 is 27.7. The molecule has 0 aliphatic heterocycles. The van der Waals surface area contributed by atoms with Crippen LogP contribution in [0.3, 0.4) is 0 Å². The summed E-state index contributed by atoms with van der Waals surface area (Å²) in [6.45, 7) is 1.78. The zero-order valence-corrected chi connectivity index (χ0v) is 18.8. The Morgan fingerprint density at radius 3 is 2.13 bits per heavy atom. The van der Waals surface area contributed by atoms with Crippen LogP contribution < -0.4 is 5.32 Å². The van der Waals surface area contributed by atoms with Gasteiger partial charge in [0.2, 0.25) is 15.9 Å². The third-order valence-corrected chi connectivity index (χ3v) is 7.05. The highest BCUT2D eigenvalue weighted by molar-refractivity contribution is 7.89. The van der Waals surface area contributed by atoms with E-state index in [1.54, 1.807) is 0 Å². The summed E-state index contributed by atoms with van der Waals surface area (Å²) in [5.41, 5.74) is 1.95. The minimum Gasteiger partial charge on any atom is -0.348 e. The molecular formula is C24H25ClN2O3S. The Morgan fingerprint density at radius 1 is 0.935 bits per heavy atom. The zero-order valence-electron chi connectivity index (χ0n) is 17.2. The quantitative estimate of drug-likeness (QED) is 0.517. The first-order chi connectivity index (χ1) is 14.9. The largest absolute Gasteiger partial charge is 0.348 e. The fraction of sp³-hybridized carbons (Fsp3) is 0.208. The van der Waals surface area contributed by atoms with Gasteiger partial charge in [0.25, 0.3) is 0 Å². The molecule has 3 aromatic carbocycles. The van der Waals surface area contributed by atoms with Gasteiger partial charge < -0.3 is 5.32 Å². The molecule has 0 aliphatic rings. The number of hydrogen-bond acceptors (Lipinski definition) is 3. The lowest BCUT2D eigenvalue weighted by atomic mass is 10.1. The van der Waals surface area contributed by atoms with Gasteiger partial charge in [-0.05, 0) is 48.7 Å². The molecule has 31 heavy (non-hydrogen) atoms. The Bertz CT molecular complexity index is 1090. The summed E-state index contributed by atoms with van der Waals surface area (Å²) in [6.07, 6.45) is 0.495. The lowest BCUT2D eigenvalue weighted by Gasteiger charge is -2.23. The van der Waals surface area contributed by atoms with Gasteiger partial charge in [-0.1, -0.05) is 72.3 Å². The van der Waals surface area contributed by atoms with Crippen molar-refractivity contribution in [3.05, 3.63) is 101 Å². The molecule has 1 N–H and O–H groups in total. The Kier molecular flexibility index (Phi) is 7.85. The molecule has 3 aromatic rings. The summed E-state index contributed by atoms with van der Waals surface area (Å²) >= 11 is 5.91. The van der Waals surface area contributed by atoms with Gasteiger partial charge in [-0.15, -0.1) is 0 Å². The third kappa shape index (κ3) is 6.40. The molecular weight excluding hydrogens is 432 g/mol. The first-order valence-electron chi connectivity index (χ1n) is 10.0. The molecule has 0 saturated heterocycles. The Morgan fingerprint density at radius 2 is 1.52 bits per heavy atom. The van der Waals surface area contributed by atoms with Crippen molar-refractivity contribution in [2.75, 3.05) is 13.1 Å². The zero-order chi connectivity index (χ0) is 22.3. The van der Waals surface area contributed by atoms with Crippen LogP contribution in [0, 0.1) is 0 Å². The summed E-state index contributed by atoms with van der Waals surface area (Å²) in [6, 6.07) is 24.9. The second-order valence-electron chi connectivity index (χ2n) is 7.23. The topological polar surface area (TPSA) is 66.5 Å². The number of carbonyl (C=O) groups is 1. The molecule has 0 aromatic heterocycles. The van der Waals surface area contributed by atoms with E-state index < -0.39 is 10.0 Å². The highest BCUT2D eigenvalue weighted by Gasteiger charge is 2.27. The molecule has 162 valence electrons. The van der Waals surface area contributed by atoms with Crippen molar-refractivity contribution in [1.82, 2.24) is 9.62 Å². The fourth-order valence-corrected chi connectivity index (χ4v) is 4.73. The highest BCUT2D eigenvalue weighted by atomic mass is 35.5. The predicted molar refractivity (Wildman–Crippen MR) is 123 cm³/mol. The van der Waals surface area contributed by atoms with Crippen LogP contribution in [0.2, 0.25) is 5.02 Å². The van der Waals surface area contributed by atoms with Crippen molar-refractivity contribution < 1.29 is 13.2 Å². The van der Waals surface area contributed by atoms with Crippen LogP contribution in [0.25, 0.3) is 0 Å². The number of benzene rings is 3. The predicted octanol–water partition coefficient (Wildman–Crippen LogP) is 4.45. The molecule has 0 radical (unpaired) electrons. The standard InChI is InChI=1S/C24H25ClN2O3S/c1-19(21-10-6-3-7-11-21)26-24(28)18-27(17-16-20-8-4-2-5-9-20)31(29,30)23-14-12-22(25)13-15-23/h2-15,19H,16-18H2,1H3,(H,26,28)/t19-/m0/s1. The fourth-order valence-electron chi connectivity index (χ4n) is 3.21. The summed E-state index contributed by atoms with van der Waals surface area (Å²) in [5, 5.41) is 3.34. The minimum atomic E-state index is -3.87. The van der Waals surface area contributed by atoms with Crippen molar-refractivity contribution in [2.45, 2.75) is 24.3 Å². The molecule has 0 spiro atoms. The number of halogens is 1. The number of carbonyl (C=O) groups excluding carboxylic acids is 1. The lowest BCUT2D eigenvalue weighted by molar-refractivity contribution is -0.121. The number of sulfonamides is 1. The van der Waals surface area contributed by atoms with Crippen LogP contribution in [0.5, 0.6) is 0 Å². The molecule has 7 heteroatoms. The van der Waals surface area contributed by atoms with Gasteiger partial charge in [0.1, 0.15) is 0 Å². The van der Waals surface area contributed by atoms with Crippen molar-refractivity contribution in [2.24, 2.45) is 0 Å². The van der Waals surface area contributed by atoms with Gasteiger partial charge in [0.15, 0.2) is 0 Å². The molecule has 0 unspecified atom stereocenters. The van der Waals surface area contributed by atoms with Crippen LogP contribution in [-0.4, -0.2) is 31.7 Å². The van der Waals surface area contributed by atoms with Gasteiger partial charge >= 0.3 is 0 Å². The number of rotatable bonds is 9. The van der Waals surface area contributed by atoms with Crippen molar-refractivity contribution in [3.63, 3.8) is 0 Å². The van der Waals surface area contributed by atoms with Crippen molar-refractivity contribution in [3.8, 4) is 0 Å². The van der Waals surface area contributed by atoms with E-state index in [1.807, 2.05) is 67.6 Å². The van der Waals surface area contributed by atoms with E-state index in [0.29, 0.717) is 11.4 Å². The molecule has 0 bridgehead atoms. The van der Waals surface area contributed by atoms with Crippen LogP contribution >= 0.6 is 11.6 Å². The average Bonchev–Trinajstić information content (AvgIpc) is 2.78. The summed E-state index contributed by atoms with van der Waals surface area (Å²) in [7, 11) is -3.87. The molecule has 3 rings (SSSR count). The Balaban J connectivity index is 1.77. The monoisotopic (exact) mass is 456 g/mol. The van der Waals surface area contributed by atoms with Crippen LogP contribution in [-0.2, 0) is 21.2 Å². The minimum absolute atomic E-state index is 0.105. The van der Waals surface area contributed by atoms with Gasteiger partial charge in [0, 0.05) is 11.6 Å². The summed E-state index contributed by atoms with van der Waals surface area (Å²) in [5.74, 6) is -0.359. The van der Waals surface area contributed by atoms with Gasteiger partial charge in [-0.3, -0.25) is 4.79 Å². The van der Waals surface area contributed by atoms with Crippen LogP contribution in [0.15, 0.2) is 89.8 Å². The Labute approximate surface area is 188 Å². The first-order valence-corrected chi connectivity index (χ1v) is 11.8. The normalized spacial score (nSPS) is 12.5. The van der Waals surface area contributed by atoms with E-state index in [2.05, 4.69) is 5.32 Å². The van der Waals surface area contributed by atoms with E-state index in [-0.39, 0.29) is 29.9 Å². The summed E-state index contributed by atoms with van der Waals surface area (Å²) in [4.78, 5) is 12.8. The molecule has 0 saturated carbocycles. The average molecular weight is 457 g/mol. The number of amides is 1. The number of nitrogens with zero attached hydrogens (tertiary/aromatic N) is 1. The number of hydrogen-bond donors (Lipinski definition) is 1. The highest BCUT2D eigenvalue weighted by Crippen LogP contribution is 2.19. The SMILES string of the molecule is C[C@H](NC(=O)CN(CCc1ccccc1)S(=O)(=O)c1ccc(Cl)cc1)c1ccccc1. The lowest BCUT2D eigenvalue weighted by Crippen LogP contribution is -2.42.